The third-order valence-corrected chi connectivity index (χ3v) is 6.42. The van der Waals surface area contributed by atoms with Gasteiger partial charge in [0, 0.05) is 26.8 Å². The molecule has 0 fully saturated rings. The van der Waals surface area contributed by atoms with Crippen LogP contribution in [0.5, 0.6) is 0 Å². The van der Waals surface area contributed by atoms with E-state index in [2.05, 4.69) is 15.5 Å². The van der Waals surface area contributed by atoms with E-state index in [0.29, 0.717) is 17.1 Å². The zero-order chi connectivity index (χ0) is 17.6. The van der Waals surface area contributed by atoms with E-state index in [-0.39, 0.29) is 23.9 Å². The van der Waals surface area contributed by atoms with Crippen molar-refractivity contribution in [1.29, 1.82) is 0 Å². The van der Waals surface area contributed by atoms with Gasteiger partial charge in [-0.3, -0.25) is 14.2 Å². The second kappa shape index (κ2) is 5.71. The summed E-state index contributed by atoms with van der Waals surface area (Å²) in [6.45, 7) is 3.59. The zero-order valence-electron chi connectivity index (χ0n) is 14.0. The Morgan fingerprint density at radius 2 is 2.08 bits per heavy atom. The van der Waals surface area contributed by atoms with Crippen LogP contribution in [0.2, 0.25) is 0 Å². The van der Waals surface area contributed by atoms with Crippen LogP contribution in [0.3, 0.4) is 0 Å². The Morgan fingerprint density at radius 1 is 1.38 bits per heavy atom. The molecule has 130 valence electrons. The molecule has 1 aliphatic rings. The van der Waals surface area contributed by atoms with Crippen molar-refractivity contribution in [1.82, 2.24) is 29.2 Å². The molecule has 1 aliphatic heterocycles. The van der Waals surface area contributed by atoms with Crippen molar-refractivity contribution in [2.45, 2.75) is 31.3 Å². The normalized spacial score (nSPS) is 18.4. The van der Waals surface area contributed by atoms with E-state index in [1.807, 2.05) is 0 Å². The van der Waals surface area contributed by atoms with Gasteiger partial charge in [0.25, 0.3) is 0 Å². The van der Waals surface area contributed by atoms with Crippen LogP contribution in [0.4, 0.5) is 0 Å². The van der Waals surface area contributed by atoms with Gasteiger partial charge in [-0.05, 0) is 19.9 Å². The number of aromatic nitrogens is 4. The van der Waals surface area contributed by atoms with Gasteiger partial charge < -0.3 is 5.32 Å². The number of hydrogen-bond acceptors (Lipinski definition) is 5. The fraction of sp³-hybridized carbons (Fsp3) is 0.500. The van der Waals surface area contributed by atoms with Gasteiger partial charge in [-0.25, -0.2) is 8.42 Å². The Balaban J connectivity index is 2.05. The number of sulfonamides is 1. The summed E-state index contributed by atoms with van der Waals surface area (Å²) in [4.78, 5) is 12.4. The lowest BCUT2D eigenvalue weighted by atomic mass is 10.2. The van der Waals surface area contributed by atoms with Gasteiger partial charge in [0.05, 0.1) is 23.6 Å². The first-order chi connectivity index (χ1) is 11.3. The van der Waals surface area contributed by atoms with Crippen LogP contribution in [-0.2, 0) is 28.4 Å². The van der Waals surface area contributed by atoms with Crippen molar-refractivity contribution in [2.24, 2.45) is 7.05 Å². The Kier molecular flexibility index (Phi) is 3.96. The van der Waals surface area contributed by atoms with E-state index in [9.17, 15) is 13.2 Å². The molecule has 2 aromatic rings. The average molecular weight is 352 g/mol. The van der Waals surface area contributed by atoms with Gasteiger partial charge in [0.1, 0.15) is 10.9 Å². The molecular formula is C14H20N6O3S. The highest BCUT2D eigenvalue weighted by molar-refractivity contribution is 7.89. The maximum Gasteiger partial charge on any atom is 0.247 e. The second-order valence-corrected chi connectivity index (χ2v) is 7.69. The Morgan fingerprint density at radius 3 is 2.67 bits per heavy atom. The first kappa shape index (κ1) is 16.7. The smallest absolute Gasteiger partial charge is 0.247 e. The number of nitrogens with one attached hydrogen (secondary N) is 1. The number of likely N-dealkylation sites (N-methyl/N-ethyl adjacent to an activating group) is 1. The van der Waals surface area contributed by atoms with Gasteiger partial charge in [-0.2, -0.15) is 14.5 Å². The van der Waals surface area contributed by atoms with E-state index < -0.39 is 16.1 Å². The first-order valence-electron chi connectivity index (χ1n) is 7.51. The maximum atomic E-state index is 13.1. The molecule has 0 aliphatic carbocycles. The van der Waals surface area contributed by atoms with Crippen molar-refractivity contribution in [3.63, 3.8) is 0 Å². The van der Waals surface area contributed by atoms with E-state index >= 15 is 0 Å². The van der Waals surface area contributed by atoms with Crippen molar-refractivity contribution >= 4 is 15.9 Å². The molecule has 0 bridgehead atoms. The zero-order valence-corrected chi connectivity index (χ0v) is 14.8. The van der Waals surface area contributed by atoms with E-state index in [4.69, 9.17) is 0 Å². The molecule has 0 spiro atoms. The van der Waals surface area contributed by atoms with Gasteiger partial charge in [-0.15, -0.1) is 0 Å². The number of nitrogens with zero attached hydrogens (tertiary/aromatic N) is 5. The van der Waals surface area contributed by atoms with Crippen LogP contribution in [0.25, 0.3) is 0 Å². The fourth-order valence-corrected chi connectivity index (χ4v) is 4.88. The number of fused-ring (bicyclic) bond motifs is 1. The summed E-state index contributed by atoms with van der Waals surface area (Å²) >= 11 is 0. The van der Waals surface area contributed by atoms with Gasteiger partial charge in [0.15, 0.2) is 0 Å². The van der Waals surface area contributed by atoms with Gasteiger partial charge in [-0.1, -0.05) is 0 Å². The average Bonchev–Trinajstić information content (AvgIpc) is 3.10. The molecule has 0 aromatic carbocycles. The minimum atomic E-state index is -3.77. The van der Waals surface area contributed by atoms with Crippen molar-refractivity contribution in [2.75, 3.05) is 13.6 Å². The third kappa shape index (κ3) is 2.42. The largest absolute Gasteiger partial charge is 0.357 e. The summed E-state index contributed by atoms with van der Waals surface area (Å²) in [6, 6.07) is 1.03. The first-order valence-corrected chi connectivity index (χ1v) is 8.95. The molecule has 0 saturated heterocycles. The maximum absolute atomic E-state index is 13.1. The molecule has 1 amide bonds. The predicted octanol–water partition coefficient (Wildman–Crippen LogP) is -0.275. The second-order valence-electron chi connectivity index (χ2n) is 5.82. The van der Waals surface area contributed by atoms with Gasteiger partial charge in [0.2, 0.25) is 15.9 Å². The summed E-state index contributed by atoms with van der Waals surface area (Å²) in [6.07, 6.45) is 1.57. The molecule has 2 aromatic heterocycles. The highest BCUT2D eigenvalue weighted by Crippen LogP contribution is 2.29. The van der Waals surface area contributed by atoms with Crippen LogP contribution in [0.15, 0.2) is 17.2 Å². The van der Waals surface area contributed by atoms with Crippen LogP contribution in [-0.4, -0.2) is 51.8 Å². The Labute approximate surface area is 140 Å². The summed E-state index contributed by atoms with van der Waals surface area (Å²) in [5.41, 5.74) is 1.70. The third-order valence-electron chi connectivity index (χ3n) is 4.35. The molecule has 1 N–H and O–H groups in total. The number of amides is 1. The quantitative estimate of drug-likeness (QED) is 0.819. The van der Waals surface area contributed by atoms with Crippen molar-refractivity contribution in [3.05, 3.63) is 29.3 Å². The molecule has 0 unspecified atom stereocenters. The molecule has 0 saturated carbocycles. The predicted molar refractivity (Wildman–Crippen MR) is 85.6 cm³/mol. The van der Waals surface area contributed by atoms with E-state index in [1.54, 1.807) is 42.5 Å². The molecule has 24 heavy (non-hydrogen) atoms. The molecule has 10 heteroatoms. The number of rotatable bonds is 3. The van der Waals surface area contributed by atoms with Crippen LogP contribution in [0.1, 0.15) is 23.1 Å². The highest BCUT2D eigenvalue weighted by Gasteiger charge is 2.38. The lowest BCUT2D eigenvalue weighted by Crippen LogP contribution is -2.46. The molecule has 9 nitrogen and oxygen atoms in total. The number of carbonyl (C=O) groups is 1. The highest BCUT2D eigenvalue weighted by atomic mass is 32.2. The van der Waals surface area contributed by atoms with Crippen LogP contribution in [0, 0.1) is 13.8 Å². The number of carbonyl (C=O) groups excluding carboxylic acids is 1. The minimum absolute atomic E-state index is 0.0322. The summed E-state index contributed by atoms with van der Waals surface area (Å²) in [5.74, 6) is -0.278. The van der Waals surface area contributed by atoms with E-state index in [0.717, 1.165) is 0 Å². The number of aryl methyl sites for hydroxylation is 2. The van der Waals surface area contributed by atoms with Gasteiger partial charge >= 0.3 is 0 Å². The molecular weight excluding hydrogens is 332 g/mol. The number of hydrogen-bond donors (Lipinski definition) is 1. The SMILES string of the molecule is CNC(=O)[C@H]1CN(S(=O)(=O)c2c(C)nn(C)c2C)Cc2ccnn21. The summed E-state index contributed by atoms with van der Waals surface area (Å²) in [5, 5.41) is 10.9. The molecule has 3 rings (SSSR count). The van der Waals surface area contributed by atoms with Crippen LogP contribution >= 0.6 is 0 Å². The lowest BCUT2D eigenvalue weighted by Gasteiger charge is -2.32. The minimum Gasteiger partial charge on any atom is -0.357 e. The molecule has 0 radical (unpaired) electrons. The summed E-state index contributed by atoms with van der Waals surface area (Å²) in [7, 11) is -0.538. The fourth-order valence-electron chi connectivity index (χ4n) is 3.06. The summed E-state index contributed by atoms with van der Waals surface area (Å²) < 4.78 is 30.7. The monoisotopic (exact) mass is 352 g/mol. The lowest BCUT2D eigenvalue weighted by molar-refractivity contribution is -0.124. The van der Waals surface area contributed by atoms with Crippen molar-refractivity contribution in [3.8, 4) is 0 Å². The Bertz CT molecular complexity index is 898. The van der Waals surface area contributed by atoms with Crippen molar-refractivity contribution < 1.29 is 13.2 Å². The standard InChI is InChI=1S/C14H20N6O3S/c1-9-13(10(2)18(4)17-9)24(22,23)19-7-11-5-6-16-20(11)12(8-19)14(21)15-3/h5-6,12H,7-8H2,1-4H3,(H,15,21)/t12-/m1/s1. The molecule has 1 atom stereocenters. The molecule has 3 heterocycles. The topological polar surface area (TPSA) is 102 Å². The Hall–Kier alpha value is -2.20. The van der Waals surface area contributed by atoms with Crippen LogP contribution < -0.4 is 5.32 Å². The van der Waals surface area contributed by atoms with E-state index in [1.165, 1.54) is 11.4 Å².